The van der Waals surface area contributed by atoms with Crippen molar-refractivity contribution in [2.45, 2.75) is 26.2 Å². The third kappa shape index (κ3) is 4.83. The molecule has 0 saturated carbocycles. The lowest BCUT2D eigenvalue weighted by Gasteiger charge is -2.40. The zero-order valence-corrected chi connectivity index (χ0v) is 18.9. The highest BCUT2D eigenvalue weighted by atomic mass is 32.1. The zero-order valence-electron chi connectivity index (χ0n) is 18.1. The van der Waals surface area contributed by atoms with Gasteiger partial charge in [0.05, 0.1) is 21.8 Å². The van der Waals surface area contributed by atoms with E-state index in [1.807, 2.05) is 61.5 Å². The predicted molar refractivity (Wildman–Crippen MR) is 126 cm³/mol. The van der Waals surface area contributed by atoms with Crippen LogP contribution in [0.2, 0.25) is 0 Å². The summed E-state index contributed by atoms with van der Waals surface area (Å²) in [6.45, 7) is 3.14. The van der Waals surface area contributed by atoms with Gasteiger partial charge in [-0.15, -0.1) is 11.3 Å². The van der Waals surface area contributed by atoms with Crippen molar-refractivity contribution in [2.75, 3.05) is 19.7 Å². The van der Waals surface area contributed by atoms with Crippen LogP contribution in [0.5, 0.6) is 0 Å². The number of aromatic amines is 1. The van der Waals surface area contributed by atoms with Gasteiger partial charge in [-0.05, 0) is 43.9 Å². The molecule has 1 aliphatic rings. The van der Waals surface area contributed by atoms with Crippen LogP contribution in [-0.4, -0.2) is 46.4 Å². The van der Waals surface area contributed by atoms with Gasteiger partial charge in [0.1, 0.15) is 5.82 Å². The number of ether oxygens (including phenoxy) is 1. The molecule has 1 aromatic carbocycles. The van der Waals surface area contributed by atoms with Crippen LogP contribution in [0.3, 0.4) is 0 Å². The van der Waals surface area contributed by atoms with Crippen LogP contribution in [0.25, 0.3) is 16.8 Å². The Morgan fingerprint density at radius 1 is 1.25 bits per heavy atom. The van der Waals surface area contributed by atoms with Crippen LogP contribution in [0, 0.1) is 5.41 Å². The van der Waals surface area contributed by atoms with Crippen molar-refractivity contribution < 1.29 is 14.3 Å². The molecule has 0 spiro atoms. The monoisotopic (exact) mass is 449 g/mol. The third-order valence-corrected chi connectivity index (χ3v) is 6.82. The Balaban J connectivity index is 1.52. The Morgan fingerprint density at radius 3 is 2.84 bits per heavy atom. The molecule has 1 aliphatic heterocycles. The smallest absolute Gasteiger partial charge is 0.314 e. The number of nitrogens with zero attached hydrogens (tertiary/aromatic N) is 2. The van der Waals surface area contributed by atoms with Gasteiger partial charge in [-0.25, -0.2) is 4.98 Å². The first-order chi connectivity index (χ1) is 15.6. The quantitative estimate of drug-likeness (QED) is 0.514. The Morgan fingerprint density at radius 2 is 2.09 bits per heavy atom. The van der Waals surface area contributed by atoms with E-state index in [1.165, 1.54) is 11.3 Å². The fourth-order valence-electron chi connectivity index (χ4n) is 4.13. The molecule has 1 atom stereocenters. The molecular weight excluding hydrogens is 422 g/mol. The number of benzene rings is 1. The lowest BCUT2D eigenvalue weighted by atomic mass is 9.76. The van der Waals surface area contributed by atoms with E-state index in [-0.39, 0.29) is 11.9 Å². The minimum absolute atomic E-state index is 0.0479. The number of esters is 1. The highest BCUT2D eigenvalue weighted by Gasteiger charge is 2.44. The molecule has 32 heavy (non-hydrogen) atoms. The van der Waals surface area contributed by atoms with E-state index >= 15 is 0 Å². The fourth-order valence-corrected chi connectivity index (χ4v) is 5.06. The van der Waals surface area contributed by atoms with Gasteiger partial charge in [-0.3, -0.25) is 9.59 Å². The highest BCUT2D eigenvalue weighted by Crippen LogP contribution is 2.37. The summed E-state index contributed by atoms with van der Waals surface area (Å²) in [7, 11) is 0. The largest absolute Gasteiger partial charge is 0.466 e. The summed E-state index contributed by atoms with van der Waals surface area (Å²) in [6.07, 6.45) is 9.51. The van der Waals surface area contributed by atoms with Crippen molar-refractivity contribution in [3.8, 4) is 10.7 Å². The molecule has 1 fully saturated rings. The summed E-state index contributed by atoms with van der Waals surface area (Å²) in [4.78, 5) is 37.0. The Hall–Kier alpha value is -3.19. The molecule has 4 rings (SSSR count). The number of piperidine rings is 1. The molecule has 1 amide bonds. The minimum atomic E-state index is -0.726. The number of allylic oxidation sites excluding steroid dienone is 1. The molecule has 3 aromatic rings. The molecule has 0 unspecified atom stereocenters. The van der Waals surface area contributed by atoms with Gasteiger partial charge in [0.25, 0.3) is 5.91 Å². The number of imidazole rings is 1. The Labute approximate surface area is 191 Å². The zero-order chi connectivity index (χ0) is 22.4. The van der Waals surface area contributed by atoms with E-state index in [9.17, 15) is 9.59 Å². The number of hydrogen-bond donors (Lipinski definition) is 1. The molecule has 1 saturated heterocycles. The standard InChI is InChI=1S/C25H27N3O3S/c1-2-31-24(30)25(13-6-10-19-8-4-3-5-9-19)14-7-17-28(18-25)23(29)21-12-11-20(32-21)22-26-15-16-27-22/h3-6,8-12,15-16H,2,7,13-14,17-18H2,1H3,(H,26,27)/b10-6+/t25-/m1/s1. The molecule has 0 bridgehead atoms. The molecule has 7 heteroatoms. The number of rotatable bonds is 7. The van der Waals surface area contributed by atoms with E-state index in [2.05, 4.69) is 9.97 Å². The summed E-state index contributed by atoms with van der Waals surface area (Å²) < 4.78 is 5.45. The molecule has 166 valence electrons. The molecule has 6 nitrogen and oxygen atoms in total. The van der Waals surface area contributed by atoms with Gasteiger partial charge in [-0.2, -0.15) is 0 Å². The molecule has 2 aromatic heterocycles. The lowest BCUT2D eigenvalue weighted by Crippen LogP contribution is -2.50. The van der Waals surface area contributed by atoms with Crippen molar-refractivity contribution in [3.05, 3.63) is 71.4 Å². The number of H-pyrrole nitrogens is 1. The highest BCUT2D eigenvalue weighted by molar-refractivity contribution is 7.17. The number of likely N-dealkylation sites (tertiary alicyclic amines) is 1. The van der Waals surface area contributed by atoms with E-state index in [4.69, 9.17) is 4.74 Å². The van der Waals surface area contributed by atoms with Gasteiger partial charge >= 0.3 is 5.97 Å². The maximum atomic E-state index is 13.3. The summed E-state index contributed by atoms with van der Waals surface area (Å²) in [5.74, 6) is 0.477. The van der Waals surface area contributed by atoms with Crippen molar-refractivity contribution in [1.29, 1.82) is 0 Å². The van der Waals surface area contributed by atoms with E-state index in [0.29, 0.717) is 37.4 Å². The van der Waals surface area contributed by atoms with Crippen LogP contribution in [0.4, 0.5) is 0 Å². The number of hydrogen-bond acceptors (Lipinski definition) is 5. The van der Waals surface area contributed by atoms with Gasteiger partial charge in [0, 0.05) is 25.5 Å². The number of carbonyl (C=O) groups excluding carboxylic acids is 2. The van der Waals surface area contributed by atoms with E-state index < -0.39 is 5.41 Å². The second-order valence-corrected chi connectivity index (χ2v) is 9.03. The summed E-state index contributed by atoms with van der Waals surface area (Å²) in [5.41, 5.74) is 0.357. The number of carbonyl (C=O) groups is 2. The number of nitrogens with one attached hydrogen (secondary N) is 1. The van der Waals surface area contributed by atoms with E-state index in [0.717, 1.165) is 22.7 Å². The van der Waals surface area contributed by atoms with Crippen LogP contribution in [0.15, 0.2) is 60.9 Å². The fraction of sp³-hybridized carbons (Fsp3) is 0.320. The summed E-state index contributed by atoms with van der Waals surface area (Å²) in [6, 6.07) is 13.7. The molecule has 1 N–H and O–H groups in total. The van der Waals surface area contributed by atoms with E-state index in [1.54, 1.807) is 17.3 Å². The first-order valence-corrected chi connectivity index (χ1v) is 11.7. The summed E-state index contributed by atoms with van der Waals surface area (Å²) >= 11 is 1.41. The number of thiophene rings is 1. The normalized spacial score (nSPS) is 18.7. The van der Waals surface area contributed by atoms with Crippen LogP contribution in [0.1, 0.15) is 41.4 Å². The maximum Gasteiger partial charge on any atom is 0.314 e. The van der Waals surface area contributed by atoms with Gasteiger partial charge in [0.15, 0.2) is 0 Å². The molecule has 0 radical (unpaired) electrons. The van der Waals surface area contributed by atoms with Crippen molar-refractivity contribution >= 4 is 29.3 Å². The average Bonchev–Trinajstić information content (AvgIpc) is 3.52. The van der Waals surface area contributed by atoms with Crippen molar-refractivity contribution in [1.82, 2.24) is 14.9 Å². The second kappa shape index (κ2) is 9.96. The SMILES string of the molecule is CCOC(=O)[C@]1(C/C=C/c2ccccc2)CCCN(C(=O)c2ccc(-c3ncc[nH]3)s2)C1. The van der Waals surface area contributed by atoms with Crippen molar-refractivity contribution in [2.24, 2.45) is 5.41 Å². The number of amides is 1. The van der Waals surface area contributed by atoms with Crippen LogP contribution in [-0.2, 0) is 9.53 Å². The predicted octanol–water partition coefficient (Wildman–Crippen LogP) is 5.03. The summed E-state index contributed by atoms with van der Waals surface area (Å²) in [5, 5.41) is 0. The second-order valence-electron chi connectivity index (χ2n) is 7.95. The maximum absolute atomic E-state index is 13.3. The molecule has 0 aliphatic carbocycles. The third-order valence-electron chi connectivity index (χ3n) is 5.74. The average molecular weight is 450 g/mol. The lowest BCUT2D eigenvalue weighted by molar-refractivity contribution is -0.158. The topological polar surface area (TPSA) is 75.3 Å². The van der Waals surface area contributed by atoms with Gasteiger partial charge < -0.3 is 14.6 Å². The van der Waals surface area contributed by atoms with Crippen molar-refractivity contribution in [3.63, 3.8) is 0 Å². The molecular formula is C25H27N3O3S. The Bertz CT molecular complexity index is 1080. The molecule has 3 heterocycles. The number of aromatic nitrogens is 2. The van der Waals surface area contributed by atoms with Crippen LogP contribution < -0.4 is 0 Å². The first-order valence-electron chi connectivity index (χ1n) is 10.9. The minimum Gasteiger partial charge on any atom is -0.466 e. The Kier molecular flexibility index (Phi) is 6.85. The first kappa shape index (κ1) is 22.0. The van der Waals surface area contributed by atoms with Gasteiger partial charge in [-0.1, -0.05) is 42.5 Å². The van der Waals surface area contributed by atoms with Gasteiger partial charge in [0.2, 0.25) is 0 Å². The van der Waals surface area contributed by atoms with Crippen LogP contribution >= 0.6 is 11.3 Å².